The normalized spacial score (nSPS) is 44.1. The minimum atomic E-state index is -0.638. The fourth-order valence-electron chi connectivity index (χ4n) is 12.2. The zero-order valence-corrected chi connectivity index (χ0v) is 30.9. The lowest BCUT2D eigenvalue weighted by Crippen LogP contribution is -2.69. The van der Waals surface area contributed by atoms with Crippen LogP contribution in [0.25, 0.3) is 0 Å². The fraction of sp³-hybridized carbons (Fsp3) is 0.892. The van der Waals surface area contributed by atoms with Gasteiger partial charge in [-0.3, -0.25) is 4.79 Å². The first-order valence-corrected chi connectivity index (χ1v) is 18.4. The van der Waals surface area contributed by atoms with Crippen LogP contribution in [-0.2, 0) is 19.0 Å². The molecule has 5 aliphatic rings. The van der Waals surface area contributed by atoms with Gasteiger partial charge < -0.3 is 30.8 Å². The number of tetrazole rings is 1. The molecule has 4 fully saturated rings. The number of anilines is 1. The Morgan fingerprint density at radius 1 is 1.17 bits per heavy atom. The molecule has 0 spiro atoms. The molecule has 1 saturated heterocycles. The maximum absolute atomic E-state index is 13.4. The van der Waals surface area contributed by atoms with E-state index in [4.69, 9.17) is 25.7 Å². The monoisotopic (exact) mass is 670 g/mol. The molecule has 1 unspecified atom stereocenters. The molecule has 3 saturated carbocycles. The highest BCUT2D eigenvalue weighted by atomic mass is 16.5. The predicted molar refractivity (Wildman–Crippen MR) is 184 cm³/mol. The van der Waals surface area contributed by atoms with E-state index in [0.717, 1.165) is 38.5 Å². The Labute approximate surface area is 287 Å². The molecule has 11 nitrogen and oxygen atoms in total. The summed E-state index contributed by atoms with van der Waals surface area (Å²) in [5.74, 6) is 0.390. The van der Waals surface area contributed by atoms with Crippen LogP contribution in [-0.4, -0.2) is 76.5 Å². The molecule has 1 aromatic heterocycles. The molecule has 0 aromatic carbocycles. The average Bonchev–Trinajstić information content (AvgIpc) is 3.45. The van der Waals surface area contributed by atoms with E-state index in [2.05, 4.69) is 70.0 Å². The standard InChI is InChI=1S/C37H62N6O5/c1-22(2)23(3)33(5)14-15-35(7)24-10-11-27-34(6)20-47-21-37(27,25(24)12-13-36(35,8)28(33)30(44)45)18-26(43-41-31(38)40-42-43)29(34)48-19-32(4,39)16-17-46-9/h12,22-24,26-29H,10-11,13-21,39H2,1-9H3,(H2,38,41)(H,44,45)/t23-,24+,26-,27+,28-,29+,32?,33-,34-,35-,36+,37+/m1/s1. The fourth-order valence-corrected chi connectivity index (χ4v) is 12.2. The molecule has 48 heavy (non-hydrogen) atoms. The zero-order valence-electron chi connectivity index (χ0n) is 30.9. The number of aliphatic carboxylic acids is 1. The second-order valence-electron chi connectivity index (χ2n) is 18.2. The van der Waals surface area contributed by atoms with E-state index in [1.165, 1.54) is 5.57 Å². The van der Waals surface area contributed by atoms with E-state index in [0.29, 0.717) is 50.6 Å². The first-order valence-electron chi connectivity index (χ1n) is 18.4. The molecule has 11 heteroatoms. The summed E-state index contributed by atoms with van der Waals surface area (Å²) in [5, 5.41) is 24.1. The van der Waals surface area contributed by atoms with Gasteiger partial charge in [0.05, 0.1) is 31.8 Å². The Morgan fingerprint density at radius 2 is 1.90 bits per heavy atom. The van der Waals surface area contributed by atoms with Crippen LogP contribution in [0.5, 0.6) is 0 Å². The zero-order chi connectivity index (χ0) is 35.1. The number of nitrogen functional groups attached to an aromatic ring is 1. The van der Waals surface area contributed by atoms with Crippen LogP contribution in [0.3, 0.4) is 0 Å². The smallest absolute Gasteiger partial charge is 0.307 e. The lowest BCUT2D eigenvalue weighted by atomic mass is 9.34. The molecule has 2 heterocycles. The molecule has 6 rings (SSSR count). The third-order valence-electron chi connectivity index (χ3n) is 15.3. The first-order chi connectivity index (χ1) is 22.4. The molecule has 0 radical (unpaired) electrons. The van der Waals surface area contributed by atoms with E-state index in [1.54, 1.807) is 11.9 Å². The molecule has 0 amide bonds. The summed E-state index contributed by atoms with van der Waals surface area (Å²) in [6.07, 6.45) is 8.40. The predicted octanol–water partition coefficient (Wildman–Crippen LogP) is 5.52. The van der Waals surface area contributed by atoms with Gasteiger partial charge in [0.1, 0.15) is 6.04 Å². The van der Waals surface area contributed by atoms with Crippen LogP contribution < -0.4 is 11.5 Å². The van der Waals surface area contributed by atoms with Crippen LogP contribution in [0.4, 0.5) is 5.95 Å². The molecule has 4 aliphatic carbocycles. The summed E-state index contributed by atoms with van der Waals surface area (Å²) in [6, 6.07) is -0.216. The van der Waals surface area contributed by atoms with Crippen molar-refractivity contribution in [3.63, 3.8) is 0 Å². The second-order valence-corrected chi connectivity index (χ2v) is 18.2. The Morgan fingerprint density at radius 3 is 2.52 bits per heavy atom. The molecular weight excluding hydrogens is 608 g/mol. The summed E-state index contributed by atoms with van der Waals surface area (Å²) < 4.78 is 18.9. The van der Waals surface area contributed by atoms with Crippen LogP contribution in [0.2, 0.25) is 0 Å². The van der Waals surface area contributed by atoms with Gasteiger partial charge in [-0.1, -0.05) is 65.2 Å². The second kappa shape index (κ2) is 12.0. The van der Waals surface area contributed by atoms with Crippen LogP contribution in [0, 0.1) is 56.7 Å². The van der Waals surface area contributed by atoms with Crippen molar-refractivity contribution < 1.29 is 24.1 Å². The number of hydrogen-bond acceptors (Lipinski definition) is 9. The summed E-state index contributed by atoms with van der Waals surface area (Å²) in [4.78, 5) is 15.1. The molecule has 12 atom stereocenters. The van der Waals surface area contributed by atoms with Crippen molar-refractivity contribution in [2.75, 3.05) is 39.3 Å². The molecular formula is C37H62N6O5. The lowest BCUT2D eigenvalue weighted by Gasteiger charge is -2.71. The summed E-state index contributed by atoms with van der Waals surface area (Å²) in [6.45, 7) is 20.2. The van der Waals surface area contributed by atoms with Gasteiger partial charge in [-0.2, -0.15) is 4.80 Å². The number of carboxylic acids is 1. The lowest BCUT2D eigenvalue weighted by molar-refractivity contribution is -0.253. The topological polar surface area (TPSA) is 161 Å². The van der Waals surface area contributed by atoms with Gasteiger partial charge in [0.25, 0.3) is 5.95 Å². The summed E-state index contributed by atoms with van der Waals surface area (Å²) in [5.41, 5.74) is 12.3. The van der Waals surface area contributed by atoms with Crippen molar-refractivity contribution in [3.05, 3.63) is 11.6 Å². The Balaban J connectivity index is 1.42. The van der Waals surface area contributed by atoms with Crippen molar-refractivity contribution in [2.24, 2.45) is 62.4 Å². The van der Waals surface area contributed by atoms with Crippen LogP contribution >= 0.6 is 0 Å². The van der Waals surface area contributed by atoms with Crippen LogP contribution in [0.1, 0.15) is 106 Å². The van der Waals surface area contributed by atoms with E-state index < -0.39 is 17.4 Å². The van der Waals surface area contributed by atoms with E-state index >= 15 is 0 Å². The number of nitrogens with two attached hydrogens (primary N) is 2. The summed E-state index contributed by atoms with van der Waals surface area (Å²) in [7, 11) is 1.69. The van der Waals surface area contributed by atoms with Crippen molar-refractivity contribution in [3.8, 4) is 0 Å². The van der Waals surface area contributed by atoms with Gasteiger partial charge >= 0.3 is 5.97 Å². The third-order valence-corrected chi connectivity index (χ3v) is 15.3. The largest absolute Gasteiger partial charge is 0.481 e. The van der Waals surface area contributed by atoms with Gasteiger partial charge in [-0.25, -0.2) is 0 Å². The van der Waals surface area contributed by atoms with Gasteiger partial charge in [0, 0.05) is 30.1 Å². The maximum Gasteiger partial charge on any atom is 0.307 e. The highest BCUT2D eigenvalue weighted by molar-refractivity contribution is 5.73. The van der Waals surface area contributed by atoms with E-state index in [9.17, 15) is 9.90 Å². The van der Waals surface area contributed by atoms with Crippen LogP contribution in [0.15, 0.2) is 11.6 Å². The number of hydrogen-bond donors (Lipinski definition) is 3. The van der Waals surface area contributed by atoms with Crippen molar-refractivity contribution in [2.45, 2.75) is 118 Å². The Kier molecular flexibility index (Phi) is 8.95. The average molecular weight is 671 g/mol. The number of rotatable bonds is 10. The quantitative estimate of drug-likeness (QED) is 0.270. The van der Waals surface area contributed by atoms with Gasteiger partial charge in [0.2, 0.25) is 0 Å². The summed E-state index contributed by atoms with van der Waals surface area (Å²) >= 11 is 0. The van der Waals surface area contributed by atoms with Gasteiger partial charge in [-0.05, 0) is 97.0 Å². The van der Waals surface area contributed by atoms with E-state index in [1.807, 2.05) is 6.92 Å². The number of allylic oxidation sites excluding steroid dienone is 1. The van der Waals surface area contributed by atoms with E-state index in [-0.39, 0.29) is 51.1 Å². The minimum absolute atomic E-state index is 0.144. The Bertz CT molecular complexity index is 1410. The number of ether oxygens (including phenoxy) is 3. The Hall–Kier alpha value is -2.08. The number of aromatic nitrogens is 4. The van der Waals surface area contributed by atoms with Gasteiger partial charge in [-0.15, -0.1) is 5.10 Å². The number of carbonyl (C=O) groups is 1. The number of fused-ring (bicyclic) bond motifs is 3. The van der Waals surface area contributed by atoms with Crippen molar-refractivity contribution >= 4 is 11.9 Å². The maximum atomic E-state index is 13.4. The minimum Gasteiger partial charge on any atom is -0.481 e. The SMILES string of the molecule is COCCC(C)(N)CO[C@H]1[C@H](n2nnc(N)n2)C[C@@]23COC[C@]1(C)[C@@H]2CC[C@H]1C3=CC[C@@]2(C)[C@H](C(=O)O)[C@@](C)([C@H](C)C(C)C)CC[C@]12C. The molecule has 1 aromatic rings. The molecule has 5 N–H and O–H groups in total. The van der Waals surface area contributed by atoms with Crippen molar-refractivity contribution in [1.29, 1.82) is 0 Å². The molecule has 1 aliphatic heterocycles. The molecule has 270 valence electrons. The van der Waals surface area contributed by atoms with Crippen molar-refractivity contribution in [1.82, 2.24) is 20.2 Å². The number of nitrogens with zero attached hydrogens (tertiary/aromatic N) is 4. The highest BCUT2D eigenvalue weighted by Crippen LogP contribution is 2.75. The highest BCUT2D eigenvalue weighted by Gasteiger charge is 2.72. The molecule has 2 bridgehead atoms. The number of methoxy groups -OCH3 is 1. The number of carboxylic acid groups (broad SMARTS) is 1. The van der Waals surface area contributed by atoms with Gasteiger partial charge in [0.15, 0.2) is 0 Å². The third kappa shape index (κ3) is 5.10. The first kappa shape index (κ1) is 35.7.